The zero-order valence-electron chi connectivity index (χ0n) is 23.4. The molecular weight excluding hydrogens is 490 g/mol. The standard InChI is InChI=1S/C30H37N7O2/c1-7-28(38)33-23-14-24(27(39-6)15-26(23)37-13-12-20(16-37)35(3)4)34-29-31-18-30(2,19-32-29)22-17-36(5)25-11-9-8-10-21(22)25/h7-11,14-15,17-18,20H,1,12-13,16,19H2,2-6H3,(H,32,34)(H,33,38)/t20-,30?/m1/s1. The summed E-state index contributed by atoms with van der Waals surface area (Å²) in [5.41, 5.74) is 4.32. The lowest BCUT2D eigenvalue weighted by molar-refractivity contribution is -0.111. The zero-order valence-corrected chi connectivity index (χ0v) is 23.4. The number of hydrogen-bond donors (Lipinski definition) is 2. The first kappa shape index (κ1) is 26.5. The Hall–Kier alpha value is -4.11. The Morgan fingerprint density at radius 1 is 1.26 bits per heavy atom. The first-order valence-electron chi connectivity index (χ1n) is 13.2. The average molecular weight is 528 g/mol. The fourth-order valence-electron chi connectivity index (χ4n) is 5.43. The fraction of sp³-hybridized carbons (Fsp3) is 0.367. The van der Waals surface area contributed by atoms with Crippen LogP contribution in [0.25, 0.3) is 10.9 Å². The lowest BCUT2D eigenvalue weighted by Crippen LogP contribution is -2.33. The van der Waals surface area contributed by atoms with Gasteiger partial charge in [0.2, 0.25) is 11.9 Å². The van der Waals surface area contributed by atoms with Crippen LogP contribution in [0.15, 0.2) is 65.2 Å². The van der Waals surface area contributed by atoms with E-state index in [4.69, 9.17) is 14.7 Å². The second kappa shape index (κ2) is 10.6. The topological polar surface area (TPSA) is 86.5 Å². The van der Waals surface area contributed by atoms with Gasteiger partial charge < -0.3 is 29.7 Å². The molecule has 0 radical (unpaired) electrons. The molecule has 0 spiro atoms. The Kier molecular flexibility index (Phi) is 7.18. The van der Waals surface area contributed by atoms with Gasteiger partial charge in [-0.1, -0.05) is 24.8 Å². The maximum atomic E-state index is 12.3. The molecule has 1 amide bonds. The van der Waals surface area contributed by atoms with Crippen molar-refractivity contribution in [3.05, 3.63) is 60.8 Å². The minimum absolute atomic E-state index is 0.269. The Morgan fingerprint density at radius 3 is 2.72 bits per heavy atom. The number of methoxy groups -OCH3 is 1. The molecule has 0 aliphatic carbocycles. The number of aryl methyl sites for hydroxylation is 1. The molecule has 2 aliphatic rings. The number of hydrogen-bond acceptors (Lipinski definition) is 7. The molecule has 39 heavy (non-hydrogen) atoms. The highest BCUT2D eigenvalue weighted by Gasteiger charge is 2.31. The molecule has 2 aliphatic heterocycles. The number of benzene rings is 2. The van der Waals surface area contributed by atoms with Crippen molar-refractivity contribution in [2.45, 2.75) is 24.8 Å². The van der Waals surface area contributed by atoms with Crippen molar-refractivity contribution in [1.82, 2.24) is 9.47 Å². The van der Waals surface area contributed by atoms with Gasteiger partial charge in [0.05, 0.1) is 30.7 Å². The van der Waals surface area contributed by atoms with E-state index in [1.165, 1.54) is 22.5 Å². The second-order valence-electron chi connectivity index (χ2n) is 10.7. The minimum Gasteiger partial charge on any atom is -0.494 e. The van der Waals surface area contributed by atoms with Crippen LogP contribution in [0.4, 0.5) is 17.1 Å². The molecule has 0 saturated carbocycles. The van der Waals surface area contributed by atoms with Crippen molar-refractivity contribution in [1.29, 1.82) is 0 Å². The number of amides is 1. The van der Waals surface area contributed by atoms with Crippen LogP contribution in [0.1, 0.15) is 18.9 Å². The lowest BCUT2D eigenvalue weighted by atomic mass is 9.83. The van der Waals surface area contributed by atoms with E-state index in [9.17, 15) is 4.79 Å². The Balaban J connectivity index is 1.42. The molecular formula is C30H37N7O2. The number of ether oxygens (including phenoxy) is 1. The summed E-state index contributed by atoms with van der Waals surface area (Å²) in [7, 11) is 7.90. The summed E-state index contributed by atoms with van der Waals surface area (Å²) in [5.74, 6) is 0.874. The van der Waals surface area contributed by atoms with Crippen LogP contribution in [0.5, 0.6) is 5.75 Å². The van der Waals surface area contributed by atoms with Crippen molar-refractivity contribution in [2.75, 3.05) is 56.4 Å². The molecule has 3 aromatic rings. The molecule has 9 nitrogen and oxygen atoms in total. The highest BCUT2D eigenvalue weighted by Crippen LogP contribution is 2.39. The van der Waals surface area contributed by atoms with Gasteiger partial charge >= 0.3 is 0 Å². The molecule has 1 aromatic heterocycles. The van der Waals surface area contributed by atoms with Crippen LogP contribution in [0.2, 0.25) is 0 Å². The number of anilines is 3. The summed E-state index contributed by atoms with van der Waals surface area (Å²) in [6.07, 6.45) is 6.46. The maximum Gasteiger partial charge on any atom is 0.247 e. The number of guanidine groups is 1. The molecule has 0 bridgehead atoms. The third-order valence-electron chi connectivity index (χ3n) is 7.78. The highest BCUT2D eigenvalue weighted by molar-refractivity contribution is 6.06. The minimum atomic E-state index is -0.332. The van der Waals surface area contributed by atoms with E-state index in [0.717, 1.165) is 25.2 Å². The number of aliphatic imine (C=N–C) groups is 2. The normalized spacial score (nSPS) is 20.8. The number of nitrogens with zero attached hydrogens (tertiary/aromatic N) is 5. The molecule has 2 N–H and O–H groups in total. The smallest absolute Gasteiger partial charge is 0.247 e. The van der Waals surface area contributed by atoms with Crippen molar-refractivity contribution in [2.24, 2.45) is 17.0 Å². The van der Waals surface area contributed by atoms with Gasteiger partial charge in [0.25, 0.3) is 0 Å². The van der Waals surface area contributed by atoms with Crippen molar-refractivity contribution in [3.63, 3.8) is 0 Å². The van der Waals surface area contributed by atoms with Crippen molar-refractivity contribution in [3.8, 4) is 5.75 Å². The Morgan fingerprint density at radius 2 is 2.05 bits per heavy atom. The van der Waals surface area contributed by atoms with Crippen LogP contribution < -0.4 is 20.3 Å². The number of aromatic nitrogens is 1. The molecule has 9 heteroatoms. The molecule has 2 atom stereocenters. The van der Waals surface area contributed by atoms with Gasteiger partial charge in [-0.3, -0.25) is 4.79 Å². The summed E-state index contributed by atoms with van der Waals surface area (Å²) in [5, 5.41) is 7.51. The first-order valence-corrected chi connectivity index (χ1v) is 13.2. The van der Waals surface area contributed by atoms with Crippen molar-refractivity contribution < 1.29 is 9.53 Å². The SMILES string of the molecule is C=CC(=O)Nc1cc(NC2=NCC(C)(c3cn(C)c4ccccc34)C=N2)c(OC)cc1N1CC[C@@H](N(C)C)C1. The number of carbonyl (C=O) groups is 1. The van der Waals surface area contributed by atoms with E-state index in [1.54, 1.807) is 7.11 Å². The van der Waals surface area contributed by atoms with Gasteiger partial charge in [-0.15, -0.1) is 0 Å². The monoisotopic (exact) mass is 527 g/mol. The predicted octanol–water partition coefficient (Wildman–Crippen LogP) is 4.26. The van der Waals surface area contributed by atoms with E-state index in [-0.39, 0.29) is 11.3 Å². The zero-order chi connectivity index (χ0) is 27.7. The largest absolute Gasteiger partial charge is 0.494 e. The molecule has 1 unspecified atom stereocenters. The maximum absolute atomic E-state index is 12.3. The lowest BCUT2D eigenvalue weighted by Gasteiger charge is -2.27. The van der Waals surface area contributed by atoms with Gasteiger partial charge in [0, 0.05) is 61.0 Å². The van der Waals surface area contributed by atoms with Gasteiger partial charge in [-0.05, 0) is 51.2 Å². The molecule has 1 fully saturated rings. The van der Waals surface area contributed by atoms with Crippen LogP contribution in [0.3, 0.4) is 0 Å². The summed E-state index contributed by atoms with van der Waals surface area (Å²) < 4.78 is 7.91. The average Bonchev–Trinajstić information content (AvgIpc) is 3.56. The fourth-order valence-corrected chi connectivity index (χ4v) is 5.43. The van der Waals surface area contributed by atoms with E-state index < -0.39 is 0 Å². The van der Waals surface area contributed by atoms with E-state index in [1.807, 2.05) is 18.3 Å². The third-order valence-corrected chi connectivity index (χ3v) is 7.78. The number of carbonyl (C=O) groups excluding carboxylic acids is 1. The summed E-state index contributed by atoms with van der Waals surface area (Å²) in [6, 6.07) is 12.7. The molecule has 1 saturated heterocycles. The van der Waals surface area contributed by atoms with E-state index in [0.29, 0.717) is 35.7 Å². The van der Waals surface area contributed by atoms with Crippen LogP contribution in [-0.2, 0) is 17.3 Å². The number of para-hydroxylation sites is 1. The summed E-state index contributed by atoms with van der Waals surface area (Å²) in [4.78, 5) is 26.4. The number of nitrogens with one attached hydrogen (secondary N) is 2. The molecule has 204 valence electrons. The van der Waals surface area contributed by atoms with Gasteiger partial charge in [-0.2, -0.15) is 0 Å². The van der Waals surface area contributed by atoms with E-state index in [2.05, 4.69) is 90.1 Å². The quantitative estimate of drug-likeness (QED) is 0.449. The number of rotatable bonds is 7. The van der Waals surface area contributed by atoms with Crippen LogP contribution in [-0.4, -0.2) is 74.4 Å². The van der Waals surface area contributed by atoms with Gasteiger partial charge in [0.1, 0.15) is 5.75 Å². The predicted molar refractivity (Wildman–Crippen MR) is 161 cm³/mol. The van der Waals surface area contributed by atoms with Crippen LogP contribution in [0, 0.1) is 0 Å². The Labute approximate surface area is 229 Å². The molecule has 2 aromatic carbocycles. The van der Waals surface area contributed by atoms with Gasteiger partial charge in [-0.25, -0.2) is 9.98 Å². The van der Waals surface area contributed by atoms with Crippen molar-refractivity contribution >= 4 is 46.0 Å². The third kappa shape index (κ3) is 5.14. The second-order valence-corrected chi connectivity index (χ2v) is 10.7. The number of likely N-dealkylation sites (N-methyl/N-ethyl adjacent to an activating group) is 1. The van der Waals surface area contributed by atoms with Crippen LogP contribution >= 0.6 is 0 Å². The molecule has 5 rings (SSSR count). The first-order chi connectivity index (χ1) is 18.7. The van der Waals surface area contributed by atoms with E-state index >= 15 is 0 Å². The summed E-state index contributed by atoms with van der Waals surface area (Å²) >= 11 is 0. The highest BCUT2D eigenvalue weighted by atomic mass is 16.5. The van der Waals surface area contributed by atoms with Gasteiger partial charge in [0.15, 0.2) is 0 Å². The Bertz CT molecular complexity index is 1470. The summed E-state index contributed by atoms with van der Waals surface area (Å²) in [6.45, 7) is 8.08. The number of fused-ring (bicyclic) bond motifs is 1. The molecule has 3 heterocycles.